The molecule has 1 aromatic rings. The van der Waals surface area contributed by atoms with Crippen LogP contribution in [0.1, 0.15) is 27.2 Å². The maximum atomic E-state index is 12.6. The summed E-state index contributed by atoms with van der Waals surface area (Å²) in [5.74, 6) is 1.65. The highest BCUT2D eigenvalue weighted by molar-refractivity contribution is 9.10. The van der Waals surface area contributed by atoms with Gasteiger partial charge in [0.25, 0.3) is 0 Å². The Balaban J connectivity index is 2.29. The third-order valence-corrected chi connectivity index (χ3v) is 5.67. The quantitative estimate of drug-likeness (QED) is 0.799. The van der Waals surface area contributed by atoms with E-state index >= 15 is 0 Å². The molecule has 1 aliphatic rings. The summed E-state index contributed by atoms with van der Waals surface area (Å²) >= 11 is 5.28. The number of nitrogens with one attached hydrogen (secondary N) is 1. The lowest BCUT2D eigenvalue weighted by Crippen LogP contribution is -2.55. The second-order valence-corrected chi connectivity index (χ2v) is 8.17. The number of anilines is 1. The van der Waals surface area contributed by atoms with Gasteiger partial charge in [-0.15, -0.1) is 0 Å². The van der Waals surface area contributed by atoms with E-state index in [2.05, 4.69) is 35.1 Å². The van der Waals surface area contributed by atoms with Crippen molar-refractivity contribution in [1.82, 2.24) is 0 Å². The minimum atomic E-state index is -0.650. The summed E-state index contributed by atoms with van der Waals surface area (Å²) in [7, 11) is 0. The lowest BCUT2D eigenvalue weighted by atomic mass is 9.79. The Morgan fingerprint density at radius 2 is 2.19 bits per heavy atom. The van der Waals surface area contributed by atoms with Crippen LogP contribution in [0, 0.1) is 5.41 Å². The number of hydrogen-bond acceptors (Lipinski definition) is 4. The van der Waals surface area contributed by atoms with Crippen molar-refractivity contribution in [3.8, 4) is 0 Å². The van der Waals surface area contributed by atoms with Crippen LogP contribution < -0.4 is 5.32 Å². The van der Waals surface area contributed by atoms with Crippen LogP contribution in [0.4, 0.5) is 5.69 Å². The van der Waals surface area contributed by atoms with E-state index in [0.29, 0.717) is 6.61 Å². The Bertz CT molecular complexity index is 521. The lowest BCUT2D eigenvalue weighted by Gasteiger charge is -2.43. The number of carbonyl (C=O) groups is 1. The molecule has 0 bridgehead atoms. The molecule has 0 aliphatic carbocycles. The van der Waals surface area contributed by atoms with Crippen LogP contribution in [0.5, 0.6) is 0 Å². The topological polar surface area (TPSA) is 38.3 Å². The monoisotopic (exact) mass is 371 g/mol. The van der Waals surface area contributed by atoms with E-state index < -0.39 is 5.54 Å². The Kier molecular flexibility index (Phi) is 5.25. The Hall–Kier alpha value is -0.680. The van der Waals surface area contributed by atoms with Gasteiger partial charge < -0.3 is 10.1 Å². The molecule has 3 nitrogen and oxygen atoms in total. The van der Waals surface area contributed by atoms with E-state index in [4.69, 9.17) is 4.74 Å². The van der Waals surface area contributed by atoms with Crippen molar-refractivity contribution >= 4 is 39.3 Å². The molecule has 0 radical (unpaired) electrons. The molecule has 1 aromatic carbocycles. The number of hydrogen-bond donors (Lipinski definition) is 1. The lowest BCUT2D eigenvalue weighted by molar-refractivity contribution is -0.149. The van der Waals surface area contributed by atoms with E-state index in [0.717, 1.165) is 28.1 Å². The van der Waals surface area contributed by atoms with E-state index in [1.54, 1.807) is 0 Å². The molecule has 21 heavy (non-hydrogen) atoms. The van der Waals surface area contributed by atoms with Crippen LogP contribution in [0.15, 0.2) is 28.7 Å². The van der Waals surface area contributed by atoms with Gasteiger partial charge in [-0.1, -0.05) is 35.8 Å². The first-order chi connectivity index (χ1) is 9.87. The van der Waals surface area contributed by atoms with Crippen molar-refractivity contribution in [3.63, 3.8) is 0 Å². The SMILES string of the molecule is CCOC(=O)C1(Nc2cccc(Br)c2)CSCC(C)(C)C1. The number of thioether (sulfide) groups is 1. The molecule has 0 aromatic heterocycles. The largest absolute Gasteiger partial charge is 0.464 e. The maximum absolute atomic E-state index is 12.6. The number of rotatable bonds is 4. The van der Waals surface area contributed by atoms with Crippen LogP contribution in [0.3, 0.4) is 0 Å². The zero-order valence-electron chi connectivity index (χ0n) is 12.7. The van der Waals surface area contributed by atoms with Crippen LogP contribution in [-0.4, -0.2) is 29.6 Å². The fourth-order valence-electron chi connectivity index (χ4n) is 2.79. The average molecular weight is 372 g/mol. The van der Waals surface area contributed by atoms with Gasteiger partial charge in [-0.25, -0.2) is 4.79 Å². The van der Waals surface area contributed by atoms with Crippen molar-refractivity contribution in [1.29, 1.82) is 0 Å². The summed E-state index contributed by atoms with van der Waals surface area (Å²) in [4.78, 5) is 12.6. The first-order valence-electron chi connectivity index (χ1n) is 7.16. The van der Waals surface area contributed by atoms with Crippen LogP contribution >= 0.6 is 27.7 Å². The van der Waals surface area contributed by atoms with Crippen molar-refractivity contribution in [2.24, 2.45) is 5.41 Å². The molecule has 116 valence electrons. The van der Waals surface area contributed by atoms with Crippen molar-refractivity contribution in [2.75, 3.05) is 23.4 Å². The third kappa shape index (κ3) is 4.16. The van der Waals surface area contributed by atoms with E-state index in [1.807, 2.05) is 43.0 Å². The number of ether oxygens (including phenoxy) is 1. The smallest absolute Gasteiger partial charge is 0.332 e. The molecule has 0 amide bonds. The molecule has 1 unspecified atom stereocenters. The number of carbonyl (C=O) groups excluding carboxylic acids is 1. The van der Waals surface area contributed by atoms with Crippen molar-refractivity contribution in [2.45, 2.75) is 32.7 Å². The fraction of sp³-hybridized carbons (Fsp3) is 0.562. The van der Waals surface area contributed by atoms with Crippen LogP contribution in [-0.2, 0) is 9.53 Å². The normalized spacial score (nSPS) is 24.4. The second-order valence-electron chi connectivity index (χ2n) is 6.27. The van der Waals surface area contributed by atoms with Crippen molar-refractivity contribution in [3.05, 3.63) is 28.7 Å². The van der Waals surface area contributed by atoms with E-state index in [-0.39, 0.29) is 11.4 Å². The fourth-order valence-corrected chi connectivity index (χ4v) is 4.59. The van der Waals surface area contributed by atoms with Gasteiger partial charge in [0.05, 0.1) is 6.61 Å². The molecular formula is C16H22BrNO2S. The van der Waals surface area contributed by atoms with Gasteiger partial charge in [-0.3, -0.25) is 0 Å². The molecule has 0 spiro atoms. The van der Waals surface area contributed by atoms with Gasteiger partial charge in [-0.2, -0.15) is 11.8 Å². The van der Waals surface area contributed by atoms with E-state index in [9.17, 15) is 4.79 Å². The molecule has 1 atom stereocenters. The first kappa shape index (κ1) is 16.7. The van der Waals surface area contributed by atoms with Gasteiger partial charge in [-0.05, 0) is 42.7 Å². The summed E-state index contributed by atoms with van der Waals surface area (Å²) in [6.45, 7) is 6.67. The summed E-state index contributed by atoms with van der Waals surface area (Å²) in [6, 6.07) is 7.92. The molecule has 2 rings (SSSR count). The minimum Gasteiger partial charge on any atom is -0.464 e. The zero-order chi connectivity index (χ0) is 15.5. The van der Waals surface area contributed by atoms with E-state index in [1.165, 1.54) is 0 Å². The second kappa shape index (κ2) is 6.61. The highest BCUT2D eigenvalue weighted by atomic mass is 79.9. The molecular weight excluding hydrogens is 350 g/mol. The van der Waals surface area contributed by atoms with Gasteiger partial charge in [0.1, 0.15) is 5.54 Å². The van der Waals surface area contributed by atoms with Gasteiger partial charge in [0, 0.05) is 15.9 Å². The Labute approximate surface area is 139 Å². The standard InChI is InChI=1S/C16H22BrNO2S/c1-4-20-14(19)16(9-15(2,3)10-21-11-16)18-13-7-5-6-12(17)8-13/h5-8,18H,4,9-11H2,1-3H3. The minimum absolute atomic E-state index is 0.106. The molecule has 0 saturated carbocycles. The molecule has 1 aliphatic heterocycles. The molecule has 1 saturated heterocycles. The highest BCUT2D eigenvalue weighted by Gasteiger charge is 2.47. The highest BCUT2D eigenvalue weighted by Crippen LogP contribution is 2.41. The van der Waals surface area contributed by atoms with Gasteiger partial charge in [0.15, 0.2) is 0 Å². The number of halogens is 1. The third-order valence-electron chi connectivity index (χ3n) is 3.50. The summed E-state index contributed by atoms with van der Waals surface area (Å²) in [5.41, 5.74) is 0.397. The summed E-state index contributed by atoms with van der Waals surface area (Å²) in [6.07, 6.45) is 0.776. The number of benzene rings is 1. The first-order valence-corrected chi connectivity index (χ1v) is 9.10. The predicted molar refractivity (Wildman–Crippen MR) is 92.9 cm³/mol. The molecule has 1 fully saturated rings. The average Bonchev–Trinajstić information content (AvgIpc) is 2.37. The Morgan fingerprint density at radius 3 is 2.81 bits per heavy atom. The van der Waals surface area contributed by atoms with Crippen LogP contribution in [0.2, 0.25) is 0 Å². The van der Waals surface area contributed by atoms with Gasteiger partial charge >= 0.3 is 5.97 Å². The zero-order valence-corrected chi connectivity index (χ0v) is 15.1. The number of esters is 1. The predicted octanol–water partition coefficient (Wildman–Crippen LogP) is 4.33. The molecule has 1 N–H and O–H groups in total. The maximum Gasteiger partial charge on any atom is 0.332 e. The Morgan fingerprint density at radius 1 is 1.43 bits per heavy atom. The van der Waals surface area contributed by atoms with Crippen molar-refractivity contribution < 1.29 is 9.53 Å². The van der Waals surface area contributed by atoms with Crippen LogP contribution in [0.25, 0.3) is 0 Å². The van der Waals surface area contributed by atoms with Gasteiger partial charge in [0.2, 0.25) is 0 Å². The summed E-state index contributed by atoms with van der Waals surface area (Å²) in [5, 5.41) is 3.45. The molecule has 5 heteroatoms. The summed E-state index contributed by atoms with van der Waals surface area (Å²) < 4.78 is 6.35. The molecule has 1 heterocycles.